The summed E-state index contributed by atoms with van der Waals surface area (Å²) in [6.45, 7) is 0.140. The Morgan fingerprint density at radius 1 is 1.11 bits per heavy atom. The van der Waals surface area contributed by atoms with Crippen LogP contribution in [0.2, 0.25) is 0 Å². The van der Waals surface area contributed by atoms with Gasteiger partial charge in [0.2, 0.25) is 0 Å². The third-order valence-corrected chi connectivity index (χ3v) is 0.566. The van der Waals surface area contributed by atoms with Gasteiger partial charge >= 0.3 is 0 Å². The molecular weight excluding hydrogens is 124 g/mol. The average molecular weight is 136 g/mol. The summed E-state index contributed by atoms with van der Waals surface area (Å²) in [5.41, 5.74) is 0. The molecule has 0 fully saturated rings. The van der Waals surface area contributed by atoms with Crippen molar-refractivity contribution in [3.05, 3.63) is 0 Å². The molecule has 0 aromatic rings. The molecule has 56 valence electrons. The van der Waals surface area contributed by atoms with E-state index >= 15 is 0 Å². The molecule has 0 amide bonds. The van der Waals surface area contributed by atoms with Crippen molar-refractivity contribution in [1.82, 2.24) is 0 Å². The van der Waals surface area contributed by atoms with Gasteiger partial charge in [-0.15, -0.1) is 0 Å². The third kappa shape index (κ3) is 37.6. The first kappa shape index (κ1) is 11.2. The van der Waals surface area contributed by atoms with Gasteiger partial charge in [-0.25, -0.2) is 0 Å². The van der Waals surface area contributed by atoms with Crippen molar-refractivity contribution in [2.24, 2.45) is 0 Å². The van der Waals surface area contributed by atoms with Crippen LogP contribution in [-0.2, 0) is 4.79 Å². The van der Waals surface area contributed by atoms with Gasteiger partial charge in [0.1, 0.15) is 0 Å². The summed E-state index contributed by atoms with van der Waals surface area (Å²) in [5.74, 6) is 0. The molecule has 0 radical (unpaired) electrons. The topological polar surface area (TPSA) is 77.8 Å². The smallest absolute Gasteiger partial charge is 0.290 e. The van der Waals surface area contributed by atoms with E-state index in [-0.39, 0.29) is 19.7 Å². The molecule has 0 aliphatic rings. The van der Waals surface area contributed by atoms with Crippen LogP contribution in [0.3, 0.4) is 0 Å². The maximum absolute atomic E-state index is 8.36. The summed E-state index contributed by atoms with van der Waals surface area (Å²) in [5, 5.41) is 23.1. The van der Waals surface area contributed by atoms with Crippen LogP contribution in [0.5, 0.6) is 0 Å². The highest BCUT2D eigenvalue weighted by atomic mass is 16.3. The monoisotopic (exact) mass is 136 g/mol. The van der Waals surface area contributed by atoms with E-state index in [1.165, 1.54) is 0 Å². The molecule has 0 spiro atoms. The summed E-state index contributed by atoms with van der Waals surface area (Å²) < 4.78 is 0. The Balaban J connectivity index is 0. The number of unbranched alkanes of at least 4 members (excludes halogenated alkanes) is 1. The van der Waals surface area contributed by atoms with Gasteiger partial charge in [0, 0.05) is 13.2 Å². The van der Waals surface area contributed by atoms with E-state index < -0.39 is 0 Å². The molecule has 0 aliphatic heterocycles. The maximum Gasteiger partial charge on any atom is 0.290 e. The molecule has 0 aliphatic carbocycles. The zero-order chi connectivity index (χ0) is 7.54. The zero-order valence-electron chi connectivity index (χ0n) is 5.16. The molecule has 9 heavy (non-hydrogen) atoms. The van der Waals surface area contributed by atoms with Gasteiger partial charge in [-0.1, -0.05) is 0 Å². The van der Waals surface area contributed by atoms with Crippen molar-refractivity contribution in [2.75, 3.05) is 13.2 Å². The number of rotatable bonds is 3. The van der Waals surface area contributed by atoms with Gasteiger partial charge in [-0.2, -0.15) is 0 Å². The van der Waals surface area contributed by atoms with E-state index in [4.69, 9.17) is 20.1 Å². The van der Waals surface area contributed by atoms with Crippen molar-refractivity contribution in [3.8, 4) is 0 Å². The molecule has 4 heteroatoms. The quantitative estimate of drug-likeness (QED) is 0.359. The summed E-state index contributed by atoms with van der Waals surface area (Å²) in [6.07, 6.45) is 1.44. The molecule has 4 nitrogen and oxygen atoms in total. The van der Waals surface area contributed by atoms with E-state index in [0.29, 0.717) is 0 Å². The normalized spacial score (nSPS) is 7.33. The predicted molar refractivity (Wildman–Crippen MR) is 32.1 cm³/mol. The molecule has 0 saturated carbocycles. The van der Waals surface area contributed by atoms with Gasteiger partial charge in [-0.3, -0.25) is 4.79 Å². The van der Waals surface area contributed by atoms with Gasteiger partial charge < -0.3 is 15.3 Å². The predicted octanol–water partition coefficient (Wildman–Crippen LogP) is -0.548. The highest BCUT2D eigenvalue weighted by Gasteiger charge is 1.77. The molecule has 3 N–H and O–H groups in total. The highest BCUT2D eigenvalue weighted by Crippen LogP contribution is 1.80. The van der Waals surface area contributed by atoms with Crippen LogP contribution >= 0.6 is 0 Å². The minimum Gasteiger partial charge on any atom is -0.483 e. The lowest BCUT2D eigenvalue weighted by Crippen LogP contribution is -1.85. The van der Waals surface area contributed by atoms with Crippen LogP contribution in [-0.4, -0.2) is 35.0 Å². The van der Waals surface area contributed by atoms with Crippen molar-refractivity contribution >= 4 is 6.47 Å². The zero-order valence-corrected chi connectivity index (χ0v) is 5.16. The minimum atomic E-state index is -0.250. The van der Waals surface area contributed by atoms with Crippen molar-refractivity contribution in [2.45, 2.75) is 12.8 Å². The lowest BCUT2D eigenvalue weighted by atomic mass is 10.3. The van der Waals surface area contributed by atoms with Crippen LogP contribution in [0.15, 0.2) is 0 Å². The Morgan fingerprint density at radius 3 is 1.44 bits per heavy atom. The number of carboxylic acid groups (broad SMARTS) is 1. The van der Waals surface area contributed by atoms with Gasteiger partial charge in [0.15, 0.2) is 0 Å². The maximum atomic E-state index is 8.36. The average Bonchev–Trinajstić information content (AvgIpc) is 1.86. The van der Waals surface area contributed by atoms with Gasteiger partial charge in [0.05, 0.1) is 0 Å². The summed E-state index contributed by atoms with van der Waals surface area (Å²) in [7, 11) is 0. The second kappa shape index (κ2) is 15.7. The summed E-state index contributed by atoms with van der Waals surface area (Å²) in [4.78, 5) is 8.36. The van der Waals surface area contributed by atoms with Crippen LogP contribution in [0.25, 0.3) is 0 Å². The fraction of sp³-hybridized carbons (Fsp3) is 0.800. The van der Waals surface area contributed by atoms with E-state index in [9.17, 15) is 0 Å². The molecule has 0 saturated heterocycles. The van der Waals surface area contributed by atoms with E-state index in [0.717, 1.165) is 12.8 Å². The third-order valence-electron chi connectivity index (χ3n) is 0.566. The molecule has 0 unspecified atom stereocenters. The second-order valence-electron chi connectivity index (χ2n) is 1.26. The van der Waals surface area contributed by atoms with Crippen LogP contribution in [0.1, 0.15) is 12.8 Å². The lowest BCUT2D eigenvalue weighted by molar-refractivity contribution is -0.122. The molecule has 0 rings (SSSR count). The summed E-state index contributed by atoms with van der Waals surface area (Å²) in [6, 6.07) is 0. The largest absolute Gasteiger partial charge is 0.483 e. The van der Waals surface area contributed by atoms with Crippen molar-refractivity contribution in [3.63, 3.8) is 0 Å². The van der Waals surface area contributed by atoms with Crippen molar-refractivity contribution < 1.29 is 20.1 Å². The Labute approximate surface area is 53.7 Å². The van der Waals surface area contributed by atoms with Crippen LogP contribution in [0.4, 0.5) is 0 Å². The molecular formula is C5H12O4. The first-order valence-electron chi connectivity index (χ1n) is 2.63. The number of aliphatic hydroxyl groups excluding tert-OH is 2. The lowest BCUT2D eigenvalue weighted by Gasteiger charge is -1.85. The molecule has 0 heterocycles. The highest BCUT2D eigenvalue weighted by molar-refractivity contribution is 5.32. The second-order valence-corrected chi connectivity index (χ2v) is 1.26. The fourth-order valence-corrected chi connectivity index (χ4v) is 0.224. The first-order valence-corrected chi connectivity index (χ1v) is 2.63. The van der Waals surface area contributed by atoms with E-state index in [1.54, 1.807) is 0 Å². The van der Waals surface area contributed by atoms with Crippen LogP contribution < -0.4 is 0 Å². The Kier molecular flexibility index (Phi) is 19.5. The first-order chi connectivity index (χ1) is 4.33. The summed E-state index contributed by atoms with van der Waals surface area (Å²) >= 11 is 0. The molecule has 0 aromatic heterocycles. The van der Waals surface area contributed by atoms with Crippen LogP contribution in [0, 0.1) is 0 Å². The Hall–Kier alpha value is -0.610. The Bertz CT molecular complexity index is 42.2. The van der Waals surface area contributed by atoms with Gasteiger partial charge in [-0.05, 0) is 12.8 Å². The number of carbonyl (C=O) groups is 1. The number of aliphatic hydroxyl groups is 2. The van der Waals surface area contributed by atoms with Crippen molar-refractivity contribution in [1.29, 1.82) is 0 Å². The minimum absolute atomic E-state index is 0.195. The fourth-order valence-electron chi connectivity index (χ4n) is 0.224. The molecule has 0 aromatic carbocycles. The van der Waals surface area contributed by atoms with E-state index in [2.05, 4.69) is 0 Å². The van der Waals surface area contributed by atoms with Gasteiger partial charge in [0.25, 0.3) is 6.47 Å². The standard InChI is InChI=1S/C4H10O2.CH2O2/c5-3-1-2-4-6;2-1-3/h5-6H,1-4H2;1H,(H,2,3). The Morgan fingerprint density at radius 2 is 1.33 bits per heavy atom. The molecule has 0 atom stereocenters. The number of hydrogen-bond donors (Lipinski definition) is 3. The molecule has 0 bridgehead atoms. The van der Waals surface area contributed by atoms with E-state index in [1.807, 2.05) is 0 Å². The number of hydrogen-bond acceptors (Lipinski definition) is 3. The SMILES string of the molecule is O=CO.OCCCCO.